The van der Waals surface area contributed by atoms with Crippen LogP contribution in [0.5, 0.6) is 11.5 Å². The molecule has 5 heteroatoms. The normalized spacial score (nSPS) is 11.5. The molecule has 0 spiro atoms. The summed E-state index contributed by atoms with van der Waals surface area (Å²) in [6.07, 6.45) is 9.34. The molecule has 0 saturated heterocycles. The quantitative estimate of drug-likeness (QED) is 0.139. The molecular formula is C31H47LiO3P. The largest absolute Gasteiger partial charge is 0.493 e. The molecule has 1 radical (unpaired) electrons. The molecule has 0 aliphatic carbocycles. The minimum absolute atomic E-state index is 0. The first-order valence-corrected chi connectivity index (χ1v) is 14.5. The summed E-state index contributed by atoms with van der Waals surface area (Å²) in [6, 6.07) is 10.3. The maximum Gasteiger partial charge on any atom is 0.186 e. The van der Waals surface area contributed by atoms with Gasteiger partial charge in [-0.25, -0.2) is 0 Å². The number of carbonyl (C=O) groups excluding carboxylic acids is 1. The van der Waals surface area contributed by atoms with Crippen LogP contribution in [0.2, 0.25) is 0 Å². The Morgan fingerprint density at radius 1 is 0.806 bits per heavy atom. The fourth-order valence-corrected chi connectivity index (χ4v) is 5.38. The standard InChI is InChI=1S/C31H47O3P.Li/c1-8-10-12-14-18-33-26-16-17-28(27(22-26)34-19-15-13-11-9-2)35-30(32)29-23(3)20-25(21-24(29)4)31(5,6)7;/h16-17,20-22,35H,8-15,18-19H2,1-7H3;. The van der Waals surface area contributed by atoms with Crippen LogP contribution in [0.15, 0.2) is 30.3 Å². The maximum atomic E-state index is 13.5. The minimum Gasteiger partial charge on any atom is -0.493 e. The van der Waals surface area contributed by atoms with Gasteiger partial charge in [0, 0.05) is 35.8 Å². The van der Waals surface area contributed by atoms with E-state index in [4.69, 9.17) is 9.47 Å². The van der Waals surface area contributed by atoms with Crippen molar-refractivity contribution in [1.29, 1.82) is 0 Å². The van der Waals surface area contributed by atoms with Gasteiger partial charge in [-0.05, 0) is 69.5 Å². The third-order valence-electron chi connectivity index (χ3n) is 6.35. The summed E-state index contributed by atoms with van der Waals surface area (Å²) in [5.41, 5.74) is 4.46. The van der Waals surface area contributed by atoms with Gasteiger partial charge < -0.3 is 9.47 Å². The third kappa shape index (κ3) is 10.6. The van der Waals surface area contributed by atoms with Gasteiger partial charge in [0.15, 0.2) is 5.52 Å². The molecule has 2 aromatic rings. The number of hydrogen-bond donors (Lipinski definition) is 0. The number of ether oxygens (including phenoxy) is 2. The molecule has 195 valence electrons. The van der Waals surface area contributed by atoms with Crippen molar-refractivity contribution in [2.45, 2.75) is 105 Å². The summed E-state index contributed by atoms with van der Waals surface area (Å²) in [5.74, 6) is 1.62. The predicted octanol–water partition coefficient (Wildman–Crippen LogP) is 8.28. The molecule has 0 aliphatic rings. The van der Waals surface area contributed by atoms with Gasteiger partial charge in [0.2, 0.25) is 0 Å². The van der Waals surface area contributed by atoms with E-state index >= 15 is 0 Å². The third-order valence-corrected chi connectivity index (χ3v) is 7.51. The Balaban J connectivity index is 0.00000648. The Hall–Kier alpha value is -1.26. The molecule has 0 aromatic heterocycles. The van der Waals surface area contributed by atoms with Crippen LogP contribution in [-0.2, 0) is 5.41 Å². The predicted molar refractivity (Wildman–Crippen MR) is 158 cm³/mol. The van der Waals surface area contributed by atoms with Gasteiger partial charge in [-0.1, -0.05) is 85.3 Å². The Labute approximate surface area is 234 Å². The smallest absolute Gasteiger partial charge is 0.186 e. The summed E-state index contributed by atoms with van der Waals surface area (Å²) in [6.45, 7) is 16.6. The first-order chi connectivity index (χ1) is 16.7. The van der Waals surface area contributed by atoms with E-state index in [-0.39, 0.29) is 38.4 Å². The summed E-state index contributed by atoms with van der Waals surface area (Å²) >= 11 is 0. The van der Waals surface area contributed by atoms with Crippen LogP contribution in [0.1, 0.15) is 113 Å². The van der Waals surface area contributed by atoms with Gasteiger partial charge in [0.05, 0.1) is 13.2 Å². The molecule has 1 atom stereocenters. The van der Waals surface area contributed by atoms with E-state index in [2.05, 4.69) is 60.6 Å². The maximum absolute atomic E-state index is 13.5. The van der Waals surface area contributed by atoms with Crippen molar-refractivity contribution in [3.05, 3.63) is 52.6 Å². The molecule has 2 rings (SSSR count). The molecule has 0 heterocycles. The molecule has 0 fully saturated rings. The number of carbonyl (C=O) groups is 1. The van der Waals surface area contributed by atoms with Crippen molar-refractivity contribution in [3.8, 4) is 11.5 Å². The van der Waals surface area contributed by atoms with Gasteiger partial charge in [-0.3, -0.25) is 4.79 Å². The number of unbranched alkanes of at least 4 members (excludes halogenated alkanes) is 6. The zero-order valence-electron chi connectivity index (χ0n) is 24.2. The van der Waals surface area contributed by atoms with Crippen molar-refractivity contribution in [1.82, 2.24) is 0 Å². The molecule has 0 amide bonds. The van der Waals surface area contributed by atoms with Crippen LogP contribution >= 0.6 is 8.58 Å². The van der Waals surface area contributed by atoms with Crippen molar-refractivity contribution >= 4 is 38.3 Å². The summed E-state index contributed by atoms with van der Waals surface area (Å²) < 4.78 is 12.2. The molecule has 0 bridgehead atoms. The van der Waals surface area contributed by atoms with E-state index in [0.29, 0.717) is 6.61 Å². The van der Waals surface area contributed by atoms with Crippen LogP contribution in [0.3, 0.4) is 0 Å². The average molecular weight is 506 g/mol. The van der Waals surface area contributed by atoms with Gasteiger partial charge >= 0.3 is 0 Å². The van der Waals surface area contributed by atoms with Crippen molar-refractivity contribution in [2.24, 2.45) is 0 Å². The second-order valence-corrected chi connectivity index (χ2v) is 11.9. The molecule has 0 N–H and O–H groups in total. The average Bonchev–Trinajstić information content (AvgIpc) is 2.79. The van der Waals surface area contributed by atoms with Crippen LogP contribution in [-0.4, -0.2) is 37.6 Å². The van der Waals surface area contributed by atoms with Crippen LogP contribution in [0.25, 0.3) is 0 Å². The Morgan fingerprint density at radius 2 is 1.36 bits per heavy atom. The van der Waals surface area contributed by atoms with Gasteiger partial charge in [-0.15, -0.1) is 0 Å². The number of benzene rings is 2. The zero-order chi connectivity index (χ0) is 25.8. The number of rotatable bonds is 15. The van der Waals surface area contributed by atoms with E-state index in [1.165, 1.54) is 44.1 Å². The summed E-state index contributed by atoms with van der Waals surface area (Å²) in [7, 11) is 0.0221. The minimum atomic E-state index is 0. The molecule has 1 unspecified atom stereocenters. The molecule has 36 heavy (non-hydrogen) atoms. The van der Waals surface area contributed by atoms with Crippen molar-refractivity contribution in [2.75, 3.05) is 13.2 Å². The van der Waals surface area contributed by atoms with E-state index in [9.17, 15) is 4.79 Å². The Kier molecular flexibility index (Phi) is 15.1. The fourth-order valence-electron chi connectivity index (χ4n) is 4.18. The van der Waals surface area contributed by atoms with Gasteiger partial charge in [0.1, 0.15) is 11.5 Å². The first kappa shape index (κ1) is 32.8. The van der Waals surface area contributed by atoms with Crippen LogP contribution in [0.4, 0.5) is 0 Å². The number of hydrogen-bond acceptors (Lipinski definition) is 3. The van der Waals surface area contributed by atoms with E-state index in [0.717, 1.165) is 52.9 Å². The van der Waals surface area contributed by atoms with E-state index < -0.39 is 0 Å². The molecular weight excluding hydrogens is 458 g/mol. The van der Waals surface area contributed by atoms with Crippen molar-refractivity contribution in [3.63, 3.8) is 0 Å². The van der Waals surface area contributed by atoms with Crippen molar-refractivity contribution < 1.29 is 14.3 Å². The molecule has 3 nitrogen and oxygen atoms in total. The number of aryl methyl sites for hydroxylation is 2. The topological polar surface area (TPSA) is 35.5 Å². The molecule has 0 saturated carbocycles. The molecule has 0 aliphatic heterocycles. The van der Waals surface area contributed by atoms with Crippen LogP contribution in [0, 0.1) is 13.8 Å². The zero-order valence-corrected chi connectivity index (χ0v) is 25.2. The summed E-state index contributed by atoms with van der Waals surface area (Å²) in [5, 5.41) is 0.961. The monoisotopic (exact) mass is 505 g/mol. The molecule has 2 aromatic carbocycles. The first-order valence-electron chi connectivity index (χ1n) is 13.5. The Morgan fingerprint density at radius 3 is 1.89 bits per heavy atom. The van der Waals surface area contributed by atoms with E-state index in [1.807, 2.05) is 18.2 Å². The SMILES string of the molecule is CCCCCCOc1ccc(PC(=O)c2c(C)cc(C(C)(C)C)cc2C)c(OCCCCCC)c1.[Li]. The fraction of sp³-hybridized carbons (Fsp3) is 0.581. The summed E-state index contributed by atoms with van der Waals surface area (Å²) in [4.78, 5) is 13.5. The van der Waals surface area contributed by atoms with Crippen LogP contribution < -0.4 is 14.8 Å². The van der Waals surface area contributed by atoms with E-state index in [1.54, 1.807) is 0 Å². The second kappa shape index (κ2) is 16.6. The van der Waals surface area contributed by atoms with Gasteiger partial charge in [-0.2, -0.15) is 0 Å². The Bertz CT molecular complexity index is 926. The van der Waals surface area contributed by atoms with Gasteiger partial charge in [0.25, 0.3) is 0 Å². The second-order valence-electron chi connectivity index (χ2n) is 10.7.